The van der Waals surface area contributed by atoms with Crippen molar-refractivity contribution in [3.63, 3.8) is 0 Å². The van der Waals surface area contributed by atoms with Crippen molar-refractivity contribution >= 4 is 5.97 Å². The van der Waals surface area contributed by atoms with E-state index >= 15 is 0 Å². The lowest BCUT2D eigenvalue weighted by atomic mass is 10.0. The molecule has 0 radical (unpaired) electrons. The highest BCUT2D eigenvalue weighted by molar-refractivity contribution is 5.72. The van der Waals surface area contributed by atoms with Gasteiger partial charge in [0.2, 0.25) is 0 Å². The van der Waals surface area contributed by atoms with Crippen LogP contribution in [-0.2, 0) is 4.79 Å². The number of carboxylic acids is 1. The van der Waals surface area contributed by atoms with Gasteiger partial charge in [-0.05, 0) is 0 Å². The van der Waals surface area contributed by atoms with Crippen LogP contribution in [0, 0.1) is 0 Å². The molecule has 7 heteroatoms. The molecule has 6 N–H and O–H groups in total. The Kier molecular flexibility index (Phi) is 4.81. The van der Waals surface area contributed by atoms with Gasteiger partial charge >= 0.3 is 5.97 Å². The average Bonchev–Trinajstić information content (AvgIpc) is 2.12. The lowest BCUT2D eigenvalue weighted by Gasteiger charge is -2.23. The van der Waals surface area contributed by atoms with Crippen LogP contribution in [0.15, 0.2) is 0 Å². The van der Waals surface area contributed by atoms with Crippen LogP contribution >= 0.6 is 0 Å². The van der Waals surface area contributed by atoms with Gasteiger partial charge in [-0.25, -0.2) is 4.79 Å². The Bertz CT molecular complexity index is 170. The Balaban J connectivity index is 4.24. The van der Waals surface area contributed by atoms with Gasteiger partial charge < -0.3 is 30.6 Å². The summed E-state index contributed by atoms with van der Waals surface area (Å²) in [6.07, 6.45) is -7.84. The molecule has 0 aromatic rings. The lowest BCUT2D eigenvalue weighted by Crippen LogP contribution is -2.48. The van der Waals surface area contributed by atoms with Gasteiger partial charge in [0.15, 0.2) is 6.10 Å². The number of aliphatic hydroxyl groups is 5. The second kappa shape index (κ2) is 5.10. The Morgan fingerprint density at radius 1 is 1.08 bits per heavy atom. The molecule has 0 fully saturated rings. The zero-order chi connectivity index (χ0) is 10.6. The highest BCUT2D eigenvalue weighted by Crippen LogP contribution is 2.04. The fourth-order valence-electron chi connectivity index (χ4n) is 0.668. The fourth-order valence-corrected chi connectivity index (χ4v) is 0.668. The van der Waals surface area contributed by atoms with Gasteiger partial charge in [0.1, 0.15) is 18.3 Å². The summed E-state index contributed by atoms with van der Waals surface area (Å²) in [4.78, 5) is 10.1. The Morgan fingerprint density at radius 2 is 1.54 bits per heavy atom. The summed E-state index contributed by atoms with van der Waals surface area (Å²) >= 11 is 0. The normalized spacial score (nSPS) is 20.4. The van der Waals surface area contributed by atoms with Crippen molar-refractivity contribution in [1.29, 1.82) is 0 Å². The maximum atomic E-state index is 10.1. The van der Waals surface area contributed by atoms with Crippen LogP contribution in [0.4, 0.5) is 0 Å². The first-order chi connectivity index (χ1) is 5.91. The van der Waals surface area contributed by atoms with E-state index in [9.17, 15) is 4.79 Å². The molecule has 0 saturated heterocycles. The molecule has 0 heterocycles. The minimum Gasteiger partial charge on any atom is -0.479 e. The van der Waals surface area contributed by atoms with E-state index in [2.05, 4.69) is 0 Å². The van der Waals surface area contributed by atoms with E-state index in [0.29, 0.717) is 0 Å². The predicted octanol–water partition coefficient (Wildman–Crippen LogP) is -3.49. The molecule has 0 saturated carbocycles. The van der Waals surface area contributed by atoms with E-state index < -0.39 is 37.0 Å². The van der Waals surface area contributed by atoms with Gasteiger partial charge in [0, 0.05) is 0 Å². The number of carboxylic acid groups (broad SMARTS) is 1. The van der Waals surface area contributed by atoms with Crippen molar-refractivity contribution in [2.24, 2.45) is 0 Å². The van der Waals surface area contributed by atoms with Crippen LogP contribution in [0.3, 0.4) is 0 Å². The van der Waals surface area contributed by atoms with Crippen LogP contribution in [0.2, 0.25) is 0 Å². The van der Waals surface area contributed by atoms with Crippen LogP contribution in [0.5, 0.6) is 0 Å². The van der Waals surface area contributed by atoms with Crippen LogP contribution in [-0.4, -0.2) is 67.6 Å². The molecule has 3 unspecified atom stereocenters. The summed E-state index contributed by atoms with van der Waals surface area (Å²) in [6, 6.07) is 0. The first-order valence-corrected chi connectivity index (χ1v) is 3.47. The molecular weight excluding hydrogens is 184 g/mol. The summed E-state index contributed by atoms with van der Waals surface area (Å²) in [5, 5.41) is 51.8. The number of aliphatic hydroxyl groups excluding tert-OH is 5. The highest BCUT2D eigenvalue weighted by atomic mass is 16.4. The maximum absolute atomic E-state index is 10.1. The SMILES string of the molecule is O=C(O)[C@H](O)C(O)C(O)C(O)CO. The molecular formula is C6H12O7. The van der Waals surface area contributed by atoms with Gasteiger partial charge in [-0.2, -0.15) is 0 Å². The Morgan fingerprint density at radius 3 is 1.85 bits per heavy atom. The van der Waals surface area contributed by atoms with Crippen LogP contribution < -0.4 is 0 Å². The molecule has 4 atom stereocenters. The highest BCUT2D eigenvalue weighted by Gasteiger charge is 2.33. The fraction of sp³-hybridized carbons (Fsp3) is 0.833. The van der Waals surface area contributed by atoms with Gasteiger partial charge in [-0.15, -0.1) is 0 Å². The second-order valence-corrected chi connectivity index (χ2v) is 2.51. The predicted molar refractivity (Wildman–Crippen MR) is 38.7 cm³/mol. The number of rotatable bonds is 5. The largest absolute Gasteiger partial charge is 0.479 e. The smallest absolute Gasteiger partial charge is 0.335 e. The molecule has 0 aliphatic heterocycles. The molecule has 0 rings (SSSR count). The average molecular weight is 196 g/mol. The van der Waals surface area contributed by atoms with E-state index in [0.717, 1.165) is 0 Å². The third-order valence-electron chi connectivity index (χ3n) is 1.51. The molecule has 0 amide bonds. The number of hydrogen-bond donors (Lipinski definition) is 6. The van der Waals surface area contributed by atoms with Crippen LogP contribution in [0.1, 0.15) is 0 Å². The first-order valence-electron chi connectivity index (χ1n) is 3.47. The van der Waals surface area contributed by atoms with Gasteiger partial charge in [0.25, 0.3) is 0 Å². The van der Waals surface area contributed by atoms with Gasteiger partial charge in [-0.1, -0.05) is 0 Å². The maximum Gasteiger partial charge on any atom is 0.335 e. The summed E-state index contributed by atoms with van der Waals surface area (Å²) < 4.78 is 0. The summed E-state index contributed by atoms with van der Waals surface area (Å²) in [5.74, 6) is -1.73. The molecule has 0 aliphatic rings. The lowest BCUT2D eigenvalue weighted by molar-refractivity contribution is -0.164. The molecule has 0 aromatic heterocycles. The van der Waals surface area contributed by atoms with Crippen molar-refractivity contribution < 1.29 is 35.4 Å². The number of carbonyl (C=O) groups is 1. The molecule has 78 valence electrons. The summed E-state index contributed by atoms with van der Waals surface area (Å²) in [5.41, 5.74) is 0. The minimum absolute atomic E-state index is 0.843. The monoisotopic (exact) mass is 196 g/mol. The minimum atomic E-state index is -2.20. The zero-order valence-electron chi connectivity index (χ0n) is 6.61. The number of hydrogen-bond acceptors (Lipinski definition) is 6. The zero-order valence-corrected chi connectivity index (χ0v) is 6.61. The van der Waals surface area contributed by atoms with E-state index in [1.807, 2.05) is 0 Å². The summed E-state index contributed by atoms with van der Waals surface area (Å²) in [6.45, 7) is -0.843. The van der Waals surface area contributed by atoms with Crippen molar-refractivity contribution in [1.82, 2.24) is 0 Å². The molecule has 0 bridgehead atoms. The quantitative estimate of drug-likeness (QED) is 0.268. The van der Waals surface area contributed by atoms with E-state index in [4.69, 9.17) is 30.6 Å². The third-order valence-corrected chi connectivity index (χ3v) is 1.51. The molecule has 13 heavy (non-hydrogen) atoms. The second-order valence-electron chi connectivity index (χ2n) is 2.51. The van der Waals surface area contributed by atoms with Crippen molar-refractivity contribution in [3.05, 3.63) is 0 Å². The van der Waals surface area contributed by atoms with Gasteiger partial charge in [0.05, 0.1) is 6.61 Å². The molecule has 0 spiro atoms. The van der Waals surface area contributed by atoms with E-state index in [1.54, 1.807) is 0 Å². The molecule has 0 aliphatic carbocycles. The number of aliphatic carboxylic acids is 1. The van der Waals surface area contributed by atoms with E-state index in [1.165, 1.54) is 0 Å². The van der Waals surface area contributed by atoms with Crippen molar-refractivity contribution in [3.8, 4) is 0 Å². The first kappa shape index (κ1) is 12.3. The van der Waals surface area contributed by atoms with Crippen molar-refractivity contribution in [2.75, 3.05) is 6.61 Å². The van der Waals surface area contributed by atoms with Gasteiger partial charge in [-0.3, -0.25) is 0 Å². The van der Waals surface area contributed by atoms with Crippen LogP contribution in [0.25, 0.3) is 0 Å². The molecule has 7 nitrogen and oxygen atoms in total. The standard InChI is InChI=1S/C6H12O7/c7-1-2(8)3(9)4(10)5(11)6(12)13/h2-5,7-11H,1H2,(H,12,13)/t2?,3?,4?,5-/m1/s1. The Hall–Kier alpha value is -0.730. The topological polar surface area (TPSA) is 138 Å². The molecule has 0 aromatic carbocycles. The van der Waals surface area contributed by atoms with Crippen molar-refractivity contribution in [2.45, 2.75) is 24.4 Å². The summed E-state index contributed by atoms with van der Waals surface area (Å²) in [7, 11) is 0. The third kappa shape index (κ3) is 3.25. The Labute approximate surface area is 73.5 Å². The van der Waals surface area contributed by atoms with E-state index in [-0.39, 0.29) is 0 Å².